The molecule has 0 fully saturated rings. The summed E-state index contributed by atoms with van der Waals surface area (Å²) in [5.74, 6) is 0.282. The normalized spacial score (nSPS) is 15.7. The third-order valence-corrected chi connectivity index (χ3v) is 5.77. The molecule has 0 spiro atoms. The molecule has 0 aliphatic carbocycles. The van der Waals surface area contributed by atoms with Crippen molar-refractivity contribution in [3.63, 3.8) is 0 Å². The van der Waals surface area contributed by atoms with Crippen LogP contribution in [0.5, 0.6) is 5.75 Å². The number of nitrogens with zero attached hydrogens (tertiary/aromatic N) is 2. The Morgan fingerprint density at radius 2 is 2.03 bits per heavy atom. The lowest BCUT2D eigenvalue weighted by atomic mass is 10.0. The third kappa shape index (κ3) is 4.24. The first-order chi connectivity index (χ1) is 14.5. The molecular formula is C21H17ClN2O5S. The largest absolute Gasteiger partial charge is 0.497 e. The van der Waals surface area contributed by atoms with Crippen LogP contribution >= 0.6 is 22.9 Å². The zero-order valence-corrected chi connectivity index (χ0v) is 17.5. The lowest BCUT2D eigenvalue weighted by molar-refractivity contribution is -0.136. The molecule has 4 rings (SSSR count). The number of hydrogen-bond acceptors (Lipinski definition) is 7. The van der Waals surface area contributed by atoms with Crippen molar-refractivity contribution in [2.24, 2.45) is 5.10 Å². The summed E-state index contributed by atoms with van der Waals surface area (Å²) in [5.41, 5.74) is 1.59. The summed E-state index contributed by atoms with van der Waals surface area (Å²) in [6.07, 6.45) is 2.02. The molecule has 1 aliphatic heterocycles. The minimum atomic E-state index is -0.603. The molecule has 7 nitrogen and oxygen atoms in total. The number of carbonyl (C=O) groups is 2. The molecule has 1 aromatic carbocycles. The average Bonchev–Trinajstić information content (AvgIpc) is 3.51. The molecule has 1 atom stereocenters. The molecule has 0 bridgehead atoms. The predicted molar refractivity (Wildman–Crippen MR) is 112 cm³/mol. The first-order valence-corrected chi connectivity index (χ1v) is 10.2. The van der Waals surface area contributed by atoms with Crippen molar-refractivity contribution in [1.82, 2.24) is 5.01 Å². The zero-order chi connectivity index (χ0) is 21.1. The van der Waals surface area contributed by atoms with Crippen LogP contribution in [0.25, 0.3) is 0 Å². The van der Waals surface area contributed by atoms with Gasteiger partial charge >= 0.3 is 5.97 Å². The van der Waals surface area contributed by atoms with E-state index in [1.54, 1.807) is 37.6 Å². The van der Waals surface area contributed by atoms with Crippen LogP contribution in [0.1, 0.15) is 33.5 Å². The molecule has 0 saturated heterocycles. The third-order valence-electron chi connectivity index (χ3n) is 4.56. The van der Waals surface area contributed by atoms with Crippen molar-refractivity contribution in [2.45, 2.75) is 12.5 Å². The fraction of sp³-hybridized carbons (Fsp3) is 0.190. The Labute approximate surface area is 181 Å². The van der Waals surface area contributed by atoms with Crippen molar-refractivity contribution in [3.8, 4) is 5.75 Å². The van der Waals surface area contributed by atoms with E-state index in [4.69, 9.17) is 25.5 Å². The van der Waals surface area contributed by atoms with Gasteiger partial charge in [0, 0.05) is 6.42 Å². The van der Waals surface area contributed by atoms with Crippen molar-refractivity contribution in [3.05, 3.63) is 75.3 Å². The Balaban J connectivity index is 1.51. The summed E-state index contributed by atoms with van der Waals surface area (Å²) in [5, 5.41) is 5.81. The van der Waals surface area contributed by atoms with Crippen LogP contribution in [-0.4, -0.2) is 36.3 Å². The fourth-order valence-corrected chi connectivity index (χ4v) is 4.03. The number of furan rings is 1. The summed E-state index contributed by atoms with van der Waals surface area (Å²) in [6.45, 7) is -0.440. The number of methoxy groups -OCH3 is 1. The van der Waals surface area contributed by atoms with Gasteiger partial charge in [0.2, 0.25) is 0 Å². The van der Waals surface area contributed by atoms with Crippen LogP contribution in [-0.2, 0) is 9.53 Å². The van der Waals surface area contributed by atoms with Gasteiger partial charge in [0.25, 0.3) is 5.91 Å². The lowest BCUT2D eigenvalue weighted by Gasteiger charge is -2.19. The standard InChI is InChI=1S/C21H17ClN2O5S/c1-27-14-6-4-13(5-7-14)15-11-16(17-3-2-10-28-17)24(23-15)20(25)12-29-21(26)18-8-9-19(22)30-18/h2-10,16H,11-12H2,1H3. The van der Waals surface area contributed by atoms with E-state index in [2.05, 4.69) is 5.10 Å². The second kappa shape index (κ2) is 8.73. The molecule has 0 radical (unpaired) electrons. The van der Waals surface area contributed by atoms with E-state index in [0.717, 1.165) is 28.4 Å². The molecule has 3 aromatic rings. The molecule has 9 heteroatoms. The Bertz CT molecular complexity index is 1080. The summed E-state index contributed by atoms with van der Waals surface area (Å²) in [6, 6.07) is 13.7. The van der Waals surface area contributed by atoms with Gasteiger partial charge < -0.3 is 13.9 Å². The highest BCUT2D eigenvalue weighted by Crippen LogP contribution is 2.33. The molecule has 1 unspecified atom stereocenters. The molecule has 0 saturated carbocycles. The average molecular weight is 445 g/mol. The van der Waals surface area contributed by atoms with Gasteiger partial charge in [-0.1, -0.05) is 11.6 Å². The monoisotopic (exact) mass is 444 g/mol. The van der Waals surface area contributed by atoms with E-state index in [9.17, 15) is 9.59 Å². The number of carbonyl (C=O) groups excluding carboxylic acids is 2. The van der Waals surface area contributed by atoms with Gasteiger partial charge in [0.15, 0.2) is 6.61 Å². The highest BCUT2D eigenvalue weighted by atomic mass is 35.5. The number of ether oxygens (including phenoxy) is 2. The number of hydrazone groups is 1. The Hall–Kier alpha value is -3.10. The van der Waals surface area contributed by atoms with Crippen molar-refractivity contribution < 1.29 is 23.5 Å². The number of hydrogen-bond donors (Lipinski definition) is 0. The Morgan fingerprint density at radius 3 is 2.67 bits per heavy atom. The van der Waals surface area contributed by atoms with Gasteiger partial charge in [-0.25, -0.2) is 9.80 Å². The first-order valence-electron chi connectivity index (χ1n) is 9.05. The maximum Gasteiger partial charge on any atom is 0.348 e. The molecular weight excluding hydrogens is 428 g/mol. The molecule has 2 aromatic heterocycles. The van der Waals surface area contributed by atoms with E-state index < -0.39 is 24.5 Å². The van der Waals surface area contributed by atoms with Crippen LogP contribution < -0.4 is 4.74 Å². The summed E-state index contributed by atoms with van der Waals surface area (Å²) in [4.78, 5) is 25.3. The molecule has 1 aliphatic rings. The van der Waals surface area contributed by atoms with Gasteiger partial charge in [-0.05, 0) is 54.1 Å². The topological polar surface area (TPSA) is 81.3 Å². The Kier molecular flexibility index (Phi) is 5.87. The number of amides is 1. The van der Waals surface area contributed by atoms with Crippen LogP contribution in [0.2, 0.25) is 4.34 Å². The fourth-order valence-electron chi connectivity index (χ4n) is 3.09. The molecule has 30 heavy (non-hydrogen) atoms. The zero-order valence-electron chi connectivity index (χ0n) is 15.9. The molecule has 1 amide bonds. The van der Waals surface area contributed by atoms with Crippen LogP contribution in [0.15, 0.2) is 64.3 Å². The van der Waals surface area contributed by atoms with Gasteiger partial charge in [0.05, 0.1) is 23.4 Å². The quantitative estimate of drug-likeness (QED) is 0.521. The van der Waals surface area contributed by atoms with Gasteiger partial charge in [0.1, 0.15) is 22.4 Å². The SMILES string of the molecule is COc1ccc(C2=NN(C(=O)COC(=O)c3ccc(Cl)s3)C(c3ccco3)C2)cc1. The minimum absolute atomic E-state index is 0.333. The second-order valence-corrected chi connectivity index (χ2v) is 8.14. The van der Waals surface area contributed by atoms with E-state index in [1.165, 1.54) is 5.01 Å². The number of halogens is 1. The Morgan fingerprint density at radius 1 is 1.23 bits per heavy atom. The van der Waals surface area contributed by atoms with E-state index >= 15 is 0 Å². The van der Waals surface area contributed by atoms with Gasteiger partial charge in [-0.3, -0.25) is 4.79 Å². The molecule has 3 heterocycles. The van der Waals surface area contributed by atoms with Crippen LogP contribution in [0.3, 0.4) is 0 Å². The predicted octanol–water partition coefficient (Wildman–Crippen LogP) is 4.54. The van der Waals surface area contributed by atoms with Crippen molar-refractivity contribution in [1.29, 1.82) is 0 Å². The molecule has 154 valence electrons. The lowest BCUT2D eigenvalue weighted by Crippen LogP contribution is -2.31. The smallest absolute Gasteiger partial charge is 0.348 e. The number of rotatable bonds is 6. The van der Waals surface area contributed by atoms with E-state index in [0.29, 0.717) is 21.4 Å². The van der Waals surface area contributed by atoms with Gasteiger partial charge in [-0.15, -0.1) is 11.3 Å². The van der Waals surface area contributed by atoms with Gasteiger partial charge in [-0.2, -0.15) is 5.10 Å². The second-order valence-electron chi connectivity index (χ2n) is 6.43. The summed E-state index contributed by atoms with van der Waals surface area (Å²) in [7, 11) is 1.60. The van der Waals surface area contributed by atoms with Crippen LogP contribution in [0, 0.1) is 0 Å². The maximum atomic E-state index is 12.8. The molecule has 0 N–H and O–H groups in total. The van der Waals surface area contributed by atoms with Crippen molar-refractivity contribution >= 4 is 40.5 Å². The van der Waals surface area contributed by atoms with Crippen molar-refractivity contribution in [2.75, 3.05) is 13.7 Å². The van der Waals surface area contributed by atoms with Crippen LogP contribution in [0.4, 0.5) is 0 Å². The minimum Gasteiger partial charge on any atom is -0.497 e. The number of thiophene rings is 1. The number of benzene rings is 1. The summed E-state index contributed by atoms with van der Waals surface area (Å²) >= 11 is 6.93. The number of esters is 1. The van der Waals surface area contributed by atoms with E-state index in [-0.39, 0.29) is 0 Å². The van der Waals surface area contributed by atoms with E-state index in [1.807, 2.05) is 24.3 Å². The highest BCUT2D eigenvalue weighted by Gasteiger charge is 2.35. The highest BCUT2D eigenvalue weighted by molar-refractivity contribution is 7.17. The summed E-state index contributed by atoms with van der Waals surface area (Å²) < 4.78 is 16.3. The first kappa shape index (κ1) is 20.2. The maximum absolute atomic E-state index is 12.8.